The van der Waals surface area contributed by atoms with Gasteiger partial charge in [0.25, 0.3) is 11.8 Å². The second-order valence-electron chi connectivity index (χ2n) is 8.21. The molecule has 154 valence electrons. The maximum absolute atomic E-state index is 12.5. The lowest BCUT2D eigenvalue weighted by Gasteiger charge is -2.32. The number of rotatable bonds is 6. The third-order valence-corrected chi connectivity index (χ3v) is 6.37. The van der Waals surface area contributed by atoms with Crippen molar-refractivity contribution in [1.82, 2.24) is 19.4 Å². The monoisotopic (exact) mass is 404 g/mol. The molecule has 0 aliphatic carbocycles. The molecule has 2 aliphatic heterocycles. The number of aromatic amines is 1. The lowest BCUT2D eigenvalue weighted by molar-refractivity contribution is 0.0649. The van der Waals surface area contributed by atoms with E-state index in [0.717, 1.165) is 36.8 Å². The third-order valence-electron chi connectivity index (χ3n) is 6.37. The summed E-state index contributed by atoms with van der Waals surface area (Å²) in [5, 5.41) is 0. The van der Waals surface area contributed by atoms with Crippen LogP contribution in [0.2, 0.25) is 0 Å². The standard InChI is InChI=1S/C23H24N4O3/c1-25(16-13-15-7-6-10-19-20(15)27(14-16)23(30)24-19)11-4-5-12-26-21(28)17-8-2-3-9-18(17)22(26)29/h2-3,6-10,16H,4-5,11-14H2,1H3,(H,24,30)/t16-/m1/s1. The summed E-state index contributed by atoms with van der Waals surface area (Å²) in [5.74, 6) is -0.382. The van der Waals surface area contributed by atoms with Crippen molar-refractivity contribution in [3.63, 3.8) is 0 Å². The van der Waals surface area contributed by atoms with Crippen molar-refractivity contribution < 1.29 is 9.59 Å². The molecule has 2 aromatic carbocycles. The fraction of sp³-hybridized carbons (Fsp3) is 0.348. The first-order valence-corrected chi connectivity index (χ1v) is 10.4. The summed E-state index contributed by atoms with van der Waals surface area (Å²) in [6.45, 7) is 1.95. The van der Waals surface area contributed by atoms with Gasteiger partial charge < -0.3 is 9.88 Å². The number of carbonyl (C=O) groups excluding carboxylic acids is 2. The highest BCUT2D eigenvalue weighted by Gasteiger charge is 2.34. The number of imidazole rings is 1. The normalized spacial score (nSPS) is 17.9. The Labute approximate surface area is 173 Å². The molecule has 3 heterocycles. The molecule has 0 fully saturated rings. The van der Waals surface area contributed by atoms with Crippen LogP contribution < -0.4 is 5.69 Å². The predicted octanol–water partition coefficient (Wildman–Crippen LogP) is 2.26. The number of unbranched alkanes of at least 4 members (excludes halogenated alkanes) is 1. The molecule has 1 N–H and O–H groups in total. The first-order valence-electron chi connectivity index (χ1n) is 10.4. The summed E-state index contributed by atoms with van der Waals surface area (Å²) < 4.78 is 1.84. The number of fused-ring (bicyclic) bond motifs is 1. The van der Waals surface area contributed by atoms with Crippen LogP contribution in [0, 0.1) is 0 Å². The Morgan fingerprint density at radius 1 is 1.00 bits per heavy atom. The Bertz CT molecular complexity index is 1170. The fourth-order valence-electron chi connectivity index (χ4n) is 4.71. The number of nitrogens with zero attached hydrogens (tertiary/aromatic N) is 3. The summed E-state index contributed by atoms with van der Waals surface area (Å²) >= 11 is 0. The van der Waals surface area contributed by atoms with Crippen molar-refractivity contribution in [2.45, 2.75) is 31.8 Å². The number of hydrogen-bond donors (Lipinski definition) is 1. The van der Waals surface area contributed by atoms with E-state index < -0.39 is 0 Å². The summed E-state index contributed by atoms with van der Waals surface area (Å²) in [6.07, 6.45) is 2.54. The van der Waals surface area contributed by atoms with E-state index in [2.05, 4.69) is 23.0 Å². The maximum atomic E-state index is 12.5. The number of likely N-dealkylation sites (N-methyl/N-ethyl adjacent to an activating group) is 1. The molecule has 0 spiro atoms. The number of aromatic nitrogens is 2. The average Bonchev–Trinajstić information content (AvgIpc) is 3.21. The van der Waals surface area contributed by atoms with Crippen LogP contribution in [0.5, 0.6) is 0 Å². The molecule has 30 heavy (non-hydrogen) atoms. The molecule has 0 saturated heterocycles. The number of amides is 2. The van der Waals surface area contributed by atoms with Gasteiger partial charge in [0, 0.05) is 19.1 Å². The maximum Gasteiger partial charge on any atom is 0.326 e. The van der Waals surface area contributed by atoms with Gasteiger partial charge in [-0.25, -0.2) is 4.79 Å². The van der Waals surface area contributed by atoms with Crippen LogP contribution in [0.3, 0.4) is 0 Å². The summed E-state index contributed by atoms with van der Waals surface area (Å²) in [5.41, 5.74) is 4.07. The highest BCUT2D eigenvalue weighted by atomic mass is 16.2. The van der Waals surface area contributed by atoms with E-state index in [1.165, 1.54) is 10.5 Å². The summed E-state index contributed by atoms with van der Waals surface area (Å²) in [7, 11) is 2.08. The number of hydrogen-bond acceptors (Lipinski definition) is 4. The highest BCUT2D eigenvalue weighted by molar-refractivity contribution is 6.21. The van der Waals surface area contributed by atoms with Gasteiger partial charge in [0.1, 0.15) is 0 Å². The molecule has 0 radical (unpaired) electrons. The molecule has 1 aromatic heterocycles. The van der Waals surface area contributed by atoms with Gasteiger partial charge in [-0.2, -0.15) is 0 Å². The second-order valence-corrected chi connectivity index (χ2v) is 8.21. The average molecular weight is 404 g/mol. The minimum atomic E-state index is -0.191. The zero-order chi connectivity index (χ0) is 20.8. The number of imide groups is 1. The largest absolute Gasteiger partial charge is 0.326 e. The van der Waals surface area contributed by atoms with E-state index in [1.807, 2.05) is 16.7 Å². The van der Waals surface area contributed by atoms with Crippen molar-refractivity contribution in [3.05, 3.63) is 69.6 Å². The Balaban J connectivity index is 1.18. The van der Waals surface area contributed by atoms with E-state index in [1.54, 1.807) is 24.3 Å². The minimum absolute atomic E-state index is 0.0545. The van der Waals surface area contributed by atoms with Gasteiger partial charge in [0.15, 0.2) is 0 Å². The van der Waals surface area contributed by atoms with Crippen molar-refractivity contribution in [3.8, 4) is 0 Å². The zero-order valence-electron chi connectivity index (χ0n) is 16.9. The summed E-state index contributed by atoms with van der Waals surface area (Å²) in [6, 6.07) is 13.3. The number of para-hydroxylation sites is 1. The number of benzene rings is 2. The van der Waals surface area contributed by atoms with Crippen LogP contribution in [0.25, 0.3) is 11.0 Å². The number of nitrogens with one attached hydrogen (secondary N) is 1. The van der Waals surface area contributed by atoms with Crippen molar-refractivity contribution in [2.24, 2.45) is 0 Å². The van der Waals surface area contributed by atoms with Crippen LogP contribution in [0.15, 0.2) is 47.3 Å². The lowest BCUT2D eigenvalue weighted by Crippen LogP contribution is -2.42. The Hall–Kier alpha value is -3.19. The Kier molecular flexibility index (Phi) is 4.55. The molecule has 1 atom stereocenters. The molecule has 7 nitrogen and oxygen atoms in total. The SMILES string of the molecule is CN(CCCCN1C(=O)c2ccccc2C1=O)[C@@H]1Cc2cccc3[nH]c(=O)n(c23)C1. The predicted molar refractivity (Wildman–Crippen MR) is 114 cm³/mol. The molecule has 7 heteroatoms. The van der Waals surface area contributed by atoms with Crippen molar-refractivity contribution in [2.75, 3.05) is 20.1 Å². The van der Waals surface area contributed by atoms with Crippen molar-refractivity contribution in [1.29, 1.82) is 0 Å². The molecule has 0 saturated carbocycles. The van der Waals surface area contributed by atoms with Gasteiger partial charge in [0.2, 0.25) is 0 Å². The Morgan fingerprint density at radius 2 is 1.73 bits per heavy atom. The van der Waals surface area contributed by atoms with E-state index in [9.17, 15) is 14.4 Å². The van der Waals surface area contributed by atoms with Gasteiger partial charge in [-0.05, 0) is 56.6 Å². The van der Waals surface area contributed by atoms with Gasteiger partial charge in [-0.15, -0.1) is 0 Å². The molecule has 0 unspecified atom stereocenters. The van der Waals surface area contributed by atoms with Gasteiger partial charge in [-0.1, -0.05) is 24.3 Å². The smallest absolute Gasteiger partial charge is 0.306 e. The first kappa shape index (κ1) is 18.8. The fourth-order valence-corrected chi connectivity index (χ4v) is 4.71. The van der Waals surface area contributed by atoms with E-state index >= 15 is 0 Å². The second kappa shape index (κ2) is 7.25. The van der Waals surface area contributed by atoms with E-state index in [4.69, 9.17) is 0 Å². The van der Waals surface area contributed by atoms with Gasteiger partial charge in [0.05, 0.1) is 22.2 Å². The molecule has 0 bridgehead atoms. The Morgan fingerprint density at radius 3 is 2.47 bits per heavy atom. The van der Waals surface area contributed by atoms with Crippen LogP contribution in [0.1, 0.15) is 39.1 Å². The van der Waals surface area contributed by atoms with Crippen LogP contribution in [0.4, 0.5) is 0 Å². The number of H-pyrrole nitrogens is 1. The third kappa shape index (κ3) is 2.97. The molecular weight excluding hydrogens is 380 g/mol. The molecule has 2 aliphatic rings. The number of carbonyl (C=O) groups is 2. The highest BCUT2D eigenvalue weighted by Crippen LogP contribution is 2.25. The zero-order valence-corrected chi connectivity index (χ0v) is 16.9. The van der Waals surface area contributed by atoms with E-state index in [0.29, 0.717) is 24.2 Å². The molecule has 5 rings (SSSR count). The first-order chi connectivity index (χ1) is 14.5. The summed E-state index contributed by atoms with van der Waals surface area (Å²) in [4.78, 5) is 43.8. The van der Waals surface area contributed by atoms with Crippen LogP contribution in [-0.2, 0) is 13.0 Å². The minimum Gasteiger partial charge on any atom is -0.306 e. The lowest BCUT2D eigenvalue weighted by atomic mass is 9.99. The van der Waals surface area contributed by atoms with Gasteiger partial charge in [-0.3, -0.25) is 19.1 Å². The van der Waals surface area contributed by atoms with Crippen molar-refractivity contribution >= 4 is 22.8 Å². The van der Waals surface area contributed by atoms with Gasteiger partial charge >= 0.3 is 5.69 Å². The van der Waals surface area contributed by atoms with Crippen LogP contribution >= 0.6 is 0 Å². The quantitative estimate of drug-likeness (QED) is 0.505. The molecule has 3 aromatic rings. The van der Waals surface area contributed by atoms with Crippen LogP contribution in [-0.4, -0.2) is 57.3 Å². The topological polar surface area (TPSA) is 78.4 Å². The molecule has 2 amide bonds. The molecular formula is C23H24N4O3. The van der Waals surface area contributed by atoms with E-state index in [-0.39, 0.29) is 23.5 Å².